The molecule has 3 heteroatoms. The van der Waals surface area contributed by atoms with Gasteiger partial charge in [0.1, 0.15) is 5.76 Å². The maximum atomic E-state index is 11.9. The molecule has 0 aliphatic heterocycles. The number of hydrogen-bond donors (Lipinski definition) is 0. The van der Waals surface area contributed by atoms with E-state index in [4.69, 9.17) is 16.0 Å². The second kappa shape index (κ2) is 4.04. The fraction of sp³-hybridized carbons (Fsp3) is 0.214. The molecule has 2 aromatic rings. The molecule has 86 valence electrons. The number of Topliss-reactive ketones (excluding diaryl/α,β-unsaturated/α-hetero) is 1. The van der Waals surface area contributed by atoms with Crippen molar-refractivity contribution < 1.29 is 9.21 Å². The van der Waals surface area contributed by atoms with Gasteiger partial charge in [0.05, 0.1) is 11.8 Å². The third kappa shape index (κ3) is 1.79. The summed E-state index contributed by atoms with van der Waals surface area (Å²) < 4.78 is 5.49. The average Bonchev–Trinajstić information content (AvgIpc) is 2.74. The van der Waals surface area contributed by atoms with Gasteiger partial charge in [-0.05, 0) is 24.1 Å². The van der Waals surface area contributed by atoms with Crippen molar-refractivity contribution in [3.63, 3.8) is 0 Å². The minimum absolute atomic E-state index is 0.176. The van der Waals surface area contributed by atoms with Crippen molar-refractivity contribution in [2.45, 2.75) is 19.3 Å². The molecule has 0 bridgehead atoms. The van der Waals surface area contributed by atoms with Crippen LogP contribution in [0.25, 0.3) is 11.1 Å². The third-order valence-corrected chi connectivity index (χ3v) is 3.32. The van der Waals surface area contributed by atoms with E-state index in [0.29, 0.717) is 11.4 Å². The Bertz CT molecular complexity index is 584. The summed E-state index contributed by atoms with van der Waals surface area (Å²) >= 11 is 5.97. The van der Waals surface area contributed by atoms with Crippen LogP contribution in [-0.2, 0) is 6.42 Å². The minimum Gasteiger partial charge on any atom is -0.468 e. The summed E-state index contributed by atoms with van der Waals surface area (Å²) in [5.41, 5.74) is 2.56. The standard InChI is InChI=1S/C14H11ClO2/c15-10-4-1-3-9(7-10)11-8-17-13-6-2-5-12(16)14(11)13/h1,3-4,7-8H,2,5-6H2. The zero-order chi connectivity index (χ0) is 11.8. The lowest BCUT2D eigenvalue weighted by Gasteiger charge is -2.10. The highest BCUT2D eigenvalue weighted by Crippen LogP contribution is 2.34. The lowest BCUT2D eigenvalue weighted by Crippen LogP contribution is -2.09. The normalized spacial score (nSPS) is 14.8. The Labute approximate surface area is 104 Å². The Morgan fingerprint density at radius 3 is 2.94 bits per heavy atom. The second-order valence-corrected chi connectivity index (χ2v) is 4.67. The molecule has 3 rings (SSSR count). The van der Waals surface area contributed by atoms with Gasteiger partial charge < -0.3 is 4.42 Å². The maximum absolute atomic E-state index is 11.9. The zero-order valence-electron chi connectivity index (χ0n) is 9.20. The molecule has 1 aliphatic carbocycles. The Morgan fingerprint density at radius 1 is 1.24 bits per heavy atom. The van der Waals surface area contributed by atoms with E-state index in [1.165, 1.54) is 0 Å². The first-order valence-electron chi connectivity index (χ1n) is 5.65. The number of fused-ring (bicyclic) bond motifs is 1. The SMILES string of the molecule is O=C1CCCc2occ(-c3cccc(Cl)c3)c21. The van der Waals surface area contributed by atoms with Crippen molar-refractivity contribution >= 4 is 17.4 Å². The Morgan fingerprint density at radius 2 is 2.12 bits per heavy atom. The molecule has 0 atom stereocenters. The average molecular weight is 247 g/mol. The predicted molar refractivity (Wildman–Crippen MR) is 66.4 cm³/mol. The number of aryl methyl sites for hydroxylation is 1. The summed E-state index contributed by atoms with van der Waals surface area (Å²) in [4.78, 5) is 11.9. The molecular weight excluding hydrogens is 236 g/mol. The molecule has 17 heavy (non-hydrogen) atoms. The van der Waals surface area contributed by atoms with Gasteiger partial charge in [0.25, 0.3) is 0 Å². The highest BCUT2D eigenvalue weighted by atomic mass is 35.5. The Hall–Kier alpha value is -1.54. The van der Waals surface area contributed by atoms with Crippen molar-refractivity contribution in [1.29, 1.82) is 0 Å². The largest absolute Gasteiger partial charge is 0.468 e. The van der Waals surface area contributed by atoms with E-state index in [-0.39, 0.29) is 5.78 Å². The van der Waals surface area contributed by atoms with E-state index in [1.807, 2.05) is 24.3 Å². The molecular formula is C14H11ClO2. The van der Waals surface area contributed by atoms with Gasteiger partial charge in [0.2, 0.25) is 0 Å². The van der Waals surface area contributed by atoms with Crippen molar-refractivity contribution in [3.8, 4) is 11.1 Å². The van der Waals surface area contributed by atoms with Crippen LogP contribution in [0.3, 0.4) is 0 Å². The molecule has 2 nitrogen and oxygen atoms in total. The van der Waals surface area contributed by atoms with E-state index in [1.54, 1.807) is 6.26 Å². The second-order valence-electron chi connectivity index (χ2n) is 4.23. The first-order chi connectivity index (χ1) is 8.25. The van der Waals surface area contributed by atoms with Crippen LogP contribution in [0, 0.1) is 0 Å². The van der Waals surface area contributed by atoms with Gasteiger partial charge in [-0.3, -0.25) is 4.79 Å². The molecule has 0 spiro atoms. The van der Waals surface area contributed by atoms with Crippen molar-refractivity contribution in [3.05, 3.63) is 46.9 Å². The lowest BCUT2D eigenvalue weighted by molar-refractivity contribution is 0.0970. The van der Waals surface area contributed by atoms with Crippen molar-refractivity contribution in [1.82, 2.24) is 0 Å². The summed E-state index contributed by atoms with van der Waals surface area (Å²) in [7, 11) is 0. The molecule has 0 saturated heterocycles. The number of rotatable bonds is 1. The topological polar surface area (TPSA) is 30.2 Å². The van der Waals surface area contributed by atoms with Crippen LogP contribution in [0.4, 0.5) is 0 Å². The molecule has 1 aromatic heterocycles. The highest BCUT2D eigenvalue weighted by Gasteiger charge is 2.24. The quantitative estimate of drug-likeness (QED) is 0.758. The fourth-order valence-electron chi connectivity index (χ4n) is 2.29. The number of carbonyl (C=O) groups excluding carboxylic acids is 1. The number of benzene rings is 1. The van der Waals surface area contributed by atoms with E-state index < -0.39 is 0 Å². The summed E-state index contributed by atoms with van der Waals surface area (Å²) in [6, 6.07) is 7.50. The van der Waals surface area contributed by atoms with Gasteiger partial charge in [-0.25, -0.2) is 0 Å². The third-order valence-electron chi connectivity index (χ3n) is 3.09. The molecule has 1 aromatic carbocycles. The molecule has 0 unspecified atom stereocenters. The first kappa shape index (κ1) is 10.6. The van der Waals surface area contributed by atoms with Gasteiger partial charge in [-0.1, -0.05) is 23.7 Å². The van der Waals surface area contributed by atoms with Crippen LogP contribution in [0.2, 0.25) is 5.02 Å². The fourth-order valence-corrected chi connectivity index (χ4v) is 2.48. The van der Waals surface area contributed by atoms with Crippen molar-refractivity contribution in [2.75, 3.05) is 0 Å². The Balaban J connectivity index is 2.16. The maximum Gasteiger partial charge on any atom is 0.167 e. The number of carbonyl (C=O) groups is 1. The highest BCUT2D eigenvalue weighted by molar-refractivity contribution is 6.30. The van der Waals surface area contributed by atoms with Crippen LogP contribution in [0.1, 0.15) is 29.0 Å². The van der Waals surface area contributed by atoms with Gasteiger partial charge >= 0.3 is 0 Å². The van der Waals surface area contributed by atoms with Gasteiger partial charge in [-0.15, -0.1) is 0 Å². The smallest absolute Gasteiger partial charge is 0.167 e. The van der Waals surface area contributed by atoms with Crippen LogP contribution in [-0.4, -0.2) is 5.78 Å². The van der Waals surface area contributed by atoms with E-state index in [2.05, 4.69) is 0 Å². The van der Waals surface area contributed by atoms with E-state index in [9.17, 15) is 4.79 Å². The zero-order valence-corrected chi connectivity index (χ0v) is 9.96. The molecule has 1 heterocycles. The minimum atomic E-state index is 0.176. The summed E-state index contributed by atoms with van der Waals surface area (Å²) in [5.74, 6) is 0.992. The molecule has 0 amide bonds. The Kier molecular flexibility index (Phi) is 2.52. The number of ketones is 1. The molecule has 0 fully saturated rings. The van der Waals surface area contributed by atoms with Crippen LogP contribution in [0.15, 0.2) is 34.9 Å². The van der Waals surface area contributed by atoms with Crippen LogP contribution >= 0.6 is 11.6 Å². The lowest BCUT2D eigenvalue weighted by atomic mass is 9.91. The van der Waals surface area contributed by atoms with Gasteiger partial charge in [0, 0.05) is 23.4 Å². The summed E-state index contributed by atoms with van der Waals surface area (Å²) in [6.45, 7) is 0. The van der Waals surface area contributed by atoms with Gasteiger partial charge in [-0.2, -0.15) is 0 Å². The van der Waals surface area contributed by atoms with E-state index in [0.717, 1.165) is 35.3 Å². The summed E-state index contributed by atoms with van der Waals surface area (Å²) in [5, 5.41) is 0.667. The predicted octanol–water partition coefficient (Wildman–Crippen LogP) is 4.12. The molecule has 0 saturated carbocycles. The number of halogens is 1. The molecule has 0 N–H and O–H groups in total. The van der Waals surface area contributed by atoms with Crippen LogP contribution in [0.5, 0.6) is 0 Å². The van der Waals surface area contributed by atoms with E-state index >= 15 is 0 Å². The monoisotopic (exact) mass is 246 g/mol. The van der Waals surface area contributed by atoms with Gasteiger partial charge in [0.15, 0.2) is 5.78 Å². The van der Waals surface area contributed by atoms with Crippen LogP contribution < -0.4 is 0 Å². The molecule has 0 radical (unpaired) electrons. The number of furan rings is 1. The molecule has 1 aliphatic rings. The first-order valence-corrected chi connectivity index (χ1v) is 6.03. The van der Waals surface area contributed by atoms with Crippen molar-refractivity contribution in [2.24, 2.45) is 0 Å². The summed E-state index contributed by atoms with van der Waals surface area (Å²) in [6.07, 6.45) is 4.01. The number of hydrogen-bond acceptors (Lipinski definition) is 2.